The number of carbonyl (C=O) groups excluding carboxylic acids is 4. The fourth-order valence-electron chi connectivity index (χ4n) is 8.98. The number of aliphatic carboxylic acids is 6. The lowest BCUT2D eigenvalue weighted by molar-refractivity contribution is -0.141. The number of rotatable bonds is 25. The highest BCUT2D eigenvalue weighted by Crippen LogP contribution is 2.22. The van der Waals surface area contributed by atoms with Crippen LogP contribution in [0, 0.1) is 0 Å². The van der Waals surface area contributed by atoms with Gasteiger partial charge < -0.3 is 56.8 Å². The van der Waals surface area contributed by atoms with Crippen LogP contribution in [0.4, 0.5) is 4.79 Å². The van der Waals surface area contributed by atoms with Gasteiger partial charge in [-0.1, -0.05) is 48.5 Å². The van der Waals surface area contributed by atoms with Gasteiger partial charge >= 0.3 is 41.8 Å². The molecule has 2 heterocycles. The predicted octanol–water partition coefficient (Wildman–Crippen LogP) is -0.102. The molecule has 0 aromatic heterocycles. The molecule has 10 N–H and O–H groups in total. The second kappa shape index (κ2) is 29.4. The molecule has 3 atom stereocenters. The summed E-state index contributed by atoms with van der Waals surface area (Å²) in [4.78, 5) is 132. The summed E-state index contributed by atoms with van der Waals surface area (Å²) >= 11 is 0. The molecule has 2 aliphatic rings. The minimum absolute atomic E-state index is 0.0302. The van der Waals surface area contributed by atoms with Gasteiger partial charge in [0.1, 0.15) is 18.1 Å². The molecule has 0 spiro atoms. The van der Waals surface area contributed by atoms with Crippen molar-refractivity contribution in [3.63, 3.8) is 0 Å². The van der Waals surface area contributed by atoms with E-state index in [0.29, 0.717) is 13.0 Å². The van der Waals surface area contributed by atoms with E-state index in [-0.39, 0.29) is 129 Å². The summed E-state index contributed by atoms with van der Waals surface area (Å²) in [5.74, 6) is -8.56. The second-order valence-electron chi connectivity index (χ2n) is 18.9. The SMILES string of the molecule is O=C(O)CC[C@H](NC(=O)NC(CCCCNC(=O)[C@H](Cc1ccc2ccccc2c1)NC(=O)c1ccc2c(c1)CCN(C(=O)CN1CCN(CC(=O)O)CCN(CC(=O)O)CCN(CC(=O)O)CC1)C2)C(=O)O)C(=O)O. The van der Waals surface area contributed by atoms with Gasteiger partial charge in [-0.15, -0.1) is 0 Å². The third-order valence-corrected chi connectivity index (χ3v) is 13.1. The molecule has 76 heavy (non-hydrogen) atoms. The van der Waals surface area contributed by atoms with Crippen LogP contribution in [0.1, 0.15) is 59.2 Å². The Hall–Kier alpha value is -7.74. The zero-order chi connectivity index (χ0) is 55.3. The van der Waals surface area contributed by atoms with E-state index in [4.69, 9.17) is 5.11 Å². The molecule has 1 unspecified atom stereocenters. The average Bonchev–Trinajstić information content (AvgIpc) is 3.36. The molecular formula is C51H67N9O16. The minimum atomic E-state index is -1.56. The van der Waals surface area contributed by atoms with Gasteiger partial charge in [-0.3, -0.25) is 53.2 Å². The van der Waals surface area contributed by atoms with E-state index in [1.54, 1.807) is 37.8 Å². The van der Waals surface area contributed by atoms with Crippen LogP contribution in [0.3, 0.4) is 0 Å². The van der Waals surface area contributed by atoms with Crippen LogP contribution >= 0.6 is 0 Å². The van der Waals surface area contributed by atoms with E-state index in [2.05, 4.69) is 21.3 Å². The van der Waals surface area contributed by atoms with Crippen molar-refractivity contribution in [2.45, 2.75) is 69.6 Å². The lowest BCUT2D eigenvalue weighted by Crippen LogP contribution is -2.51. The highest BCUT2D eigenvalue weighted by atomic mass is 16.4. The highest BCUT2D eigenvalue weighted by molar-refractivity contribution is 5.98. The average molecular weight is 1060 g/mol. The number of nitrogens with zero attached hydrogens (tertiary/aromatic N) is 5. The quantitative estimate of drug-likeness (QED) is 0.0495. The van der Waals surface area contributed by atoms with Crippen LogP contribution in [-0.4, -0.2) is 224 Å². The number of carboxylic acid groups (broad SMARTS) is 6. The maximum absolute atomic E-state index is 14.0. The number of carbonyl (C=O) groups is 10. The van der Waals surface area contributed by atoms with E-state index in [1.165, 1.54) is 0 Å². The number of nitrogens with one attached hydrogen (secondary N) is 4. The molecular weight excluding hydrogens is 995 g/mol. The zero-order valence-electron chi connectivity index (χ0n) is 42.1. The van der Waals surface area contributed by atoms with Crippen molar-refractivity contribution in [3.8, 4) is 0 Å². The normalized spacial score (nSPS) is 16.3. The Balaban J connectivity index is 1.21. The van der Waals surface area contributed by atoms with E-state index < -0.39 is 84.6 Å². The van der Waals surface area contributed by atoms with Crippen molar-refractivity contribution in [1.82, 2.24) is 45.8 Å². The Morgan fingerprint density at radius 2 is 1.05 bits per heavy atom. The molecule has 5 amide bonds. The first-order valence-corrected chi connectivity index (χ1v) is 25.0. The molecule has 0 aliphatic carbocycles. The molecule has 3 aromatic carbocycles. The van der Waals surface area contributed by atoms with Gasteiger partial charge in [-0.05, 0) is 71.7 Å². The first kappa shape index (κ1) is 59.1. The molecule has 1 saturated heterocycles. The Bertz CT molecular complexity index is 2550. The number of carboxylic acids is 6. The van der Waals surface area contributed by atoms with Crippen molar-refractivity contribution in [3.05, 3.63) is 82.9 Å². The van der Waals surface area contributed by atoms with Crippen LogP contribution in [0.15, 0.2) is 60.7 Å². The number of benzene rings is 3. The van der Waals surface area contributed by atoms with Crippen LogP contribution in [0.5, 0.6) is 0 Å². The fourth-order valence-corrected chi connectivity index (χ4v) is 8.98. The Kier molecular flexibility index (Phi) is 22.9. The summed E-state index contributed by atoms with van der Waals surface area (Å²) in [5.41, 5.74) is 2.69. The monoisotopic (exact) mass is 1060 g/mol. The summed E-state index contributed by atoms with van der Waals surface area (Å²) in [6.45, 7) is 1.80. The molecule has 5 rings (SSSR count). The number of urea groups is 1. The summed E-state index contributed by atoms with van der Waals surface area (Å²) in [7, 11) is 0. The van der Waals surface area contributed by atoms with Crippen molar-refractivity contribution < 1.29 is 78.6 Å². The largest absolute Gasteiger partial charge is 0.481 e. The van der Waals surface area contributed by atoms with Gasteiger partial charge in [-0.25, -0.2) is 14.4 Å². The van der Waals surface area contributed by atoms with Crippen molar-refractivity contribution in [1.29, 1.82) is 0 Å². The van der Waals surface area contributed by atoms with Gasteiger partial charge in [0, 0.05) is 90.4 Å². The van der Waals surface area contributed by atoms with Crippen molar-refractivity contribution in [2.75, 3.05) is 91.6 Å². The summed E-state index contributed by atoms with van der Waals surface area (Å²) in [5, 5.41) is 68.4. The number of unbranched alkanes of at least 4 members (excludes halogenated alkanes) is 1. The first-order chi connectivity index (χ1) is 36.2. The standard InChI is InChI=1S/C51H67N9O16/c61-42(29-56-17-19-57(30-44(64)65)21-23-59(32-46(68)69)24-22-58(20-18-56)31-45(66)67)60-16-14-36-27-37(10-11-38(36)28-60)47(70)53-41(26-33-8-9-34-5-1-2-6-35(34)25-33)48(71)52-15-4-3-7-39(49(72)73)54-51(76)55-40(50(74)75)12-13-43(62)63/h1-2,5-6,8-11,25,27,39-41H,3-4,7,12-24,26,28-32H2,(H,52,71)(H,53,70)(H,62,63)(H,64,65)(H,66,67)(H,68,69)(H,72,73)(H,74,75)(H2,54,55,76)/t39?,40-,41-/m0/s1. The molecule has 25 heteroatoms. The van der Waals surface area contributed by atoms with Crippen molar-refractivity contribution >= 4 is 70.3 Å². The highest BCUT2D eigenvalue weighted by Gasteiger charge is 2.29. The maximum Gasteiger partial charge on any atom is 0.326 e. The molecule has 412 valence electrons. The number of amides is 5. The summed E-state index contributed by atoms with van der Waals surface area (Å²) < 4.78 is 0. The van der Waals surface area contributed by atoms with E-state index in [1.807, 2.05) is 47.4 Å². The molecule has 0 saturated carbocycles. The molecule has 3 aromatic rings. The molecule has 25 nitrogen and oxygen atoms in total. The molecule has 1 fully saturated rings. The lowest BCUT2D eigenvalue weighted by atomic mass is 9.96. The number of hydrogen-bond acceptors (Lipinski definition) is 14. The van der Waals surface area contributed by atoms with E-state index in [0.717, 1.165) is 27.5 Å². The van der Waals surface area contributed by atoms with Gasteiger partial charge in [0.2, 0.25) is 11.8 Å². The van der Waals surface area contributed by atoms with Gasteiger partial charge in [0.15, 0.2) is 0 Å². The topological polar surface area (TPSA) is 356 Å². The van der Waals surface area contributed by atoms with Crippen molar-refractivity contribution in [2.24, 2.45) is 0 Å². The van der Waals surface area contributed by atoms with Crippen LogP contribution < -0.4 is 21.3 Å². The number of hydrogen-bond donors (Lipinski definition) is 10. The Morgan fingerprint density at radius 3 is 1.59 bits per heavy atom. The zero-order valence-corrected chi connectivity index (χ0v) is 42.1. The fraction of sp³-hybridized carbons (Fsp3) is 0.490. The lowest BCUT2D eigenvalue weighted by Gasteiger charge is -2.34. The van der Waals surface area contributed by atoms with E-state index >= 15 is 0 Å². The molecule has 2 aliphatic heterocycles. The molecule has 0 radical (unpaired) electrons. The Morgan fingerprint density at radius 1 is 0.513 bits per heavy atom. The van der Waals surface area contributed by atoms with Gasteiger partial charge in [0.05, 0.1) is 26.2 Å². The first-order valence-electron chi connectivity index (χ1n) is 25.0. The molecule has 0 bridgehead atoms. The second-order valence-corrected chi connectivity index (χ2v) is 18.9. The van der Waals surface area contributed by atoms with Crippen LogP contribution in [0.2, 0.25) is 0 Å². The minimum Gasteiger partial charge on any atom is -0.481 e. The van der Waals surface area contributed by atoms with Crippen LogP contribution in [0.25, 0.3) is 10.8 Å². The smallest absolute Gasteiger partial charge is 0.326 e. The van der Waals surface area contributed by atoms with Gasteiger partial charge in [-0.2, -0.15) is 0 Å². The van der Waals surface area contributed by atoms with Gasteiger partial charge in [0.25, 0.3) is 5.91 Å². The summed E-state index contributed by atoms with van der Waals surface area (Å²) in [6, 6.07) is 13.3. The maximum atomic E-state index is 14.0. The summed E-state index contributed by atoms with van der Waals surface area (Å²) in [6.07, 6.45) is -0.0462. The predicted molar refractivity (Wildman–Crippen MR) is 271 cm³/mol. The van der Waals surface area contributed by atoms with Crippen LogP contribution in [-0.2, 0) is 57.7 Å². The Labute approximate surface area is 437 Å². The third-order valence-electron chi connectivity index (χ3n) is 13.1. The third kappa shape index (κ3) is 19.8. The number of fused-ring (bicyclic) bond motifs is 2. The van der Waals surface area contributed by atoms with E-state index in [9.17, 15) is 73.5 Å².